The van der Waals surface area contributed by atoms with Crippen LogP contribution in [-0.4, -0.2) is 21.6 Å². The zero-order valence-electron chi connectivity index (χ0n) is 12.6. The highest BCUT2D eigenvalue weighted by molar-refractivity contribution is 5.80. The van der Waals surface area contributed by atoms with Gasteiger partial charge in [-0.3, -0.25) is 18.7 Å². The first-order valence-electron chi connectivity index (χ1n) is 6.68. The van der Waals surface area contributed by atoms with Crippen LogP contribution in [0.1, 0.15) is 11.3 Å². The molecule has 0 aromatic carbocycles. The summed E-state index contributed by atoms with van der Waals surface area (Å²) in [5.41, 5.74) is -1.53. The van der Waals surface area contributed by atoms with Crippen molar-refractivity contribution in [3.8, 4) is 6.07 Å². The van der Waals surface area contributed by atoms with Crippen molar-refractivity contribution in [2.75, 3.05) is 11.9 Å². The van der Waals surface area contributed by atoms with Crippen molar-refractivity contribution < 1.29 is 9.21 Å². The summed E-state index contributed by atoms with van der Waals surface area (Å²) in [6.07, 6.45) is 1.49. The summed E-state index contributed by atoms with van der Waals surface area (Å²) in [4.78, 5) is 35.6. The van der Waals surface area contributed by atoms with Crippen LogP contribution in [0.15, 0.2) is 32.4 Å². The van der Waals surface area contributed by atoms with E-state index in [-0.39, 0.29) is 30.4 Å². The molecular weight excluding hydrogens is 302 g/mol. The van der Waals surface area contributed by atoms with E-state index in [1.165, 1.54) is 20.4 Å². The molecule has 9 nitrogen and oxygen atoms in total. The molecule has 0 saturated carbocycles. The minimum atomic E-state index is -0.714. The third-order valence-corrected chi connectivity index (χ3v) is 3.23. The molecule has 23 heavy (non-hydrogen) atoms. The van der Waals surface area contributed by atoms with Crippen LogP contribution >= 0.6 is 0 Å². The number of hydrogen-bond donors (Lipinski definition) is 2. The van der Waals surface area contributed by atoms with Crippen LogP contribution in [0.2, 0.25) is 0 Å². The maximum Gasteiger partial charge on any atom is 0.332 e. The predicted octanol–water partition coefficient (Wildman–Crippen LogP) is -0.723. The Labute approximate surface area is 130 Å². The average Bonchev–Trinajstić information content (AvgIpc) is 3.06. The largest absolute Gasteiger partial charge is 0.467 e. The first kappa shape index (κ1) is 16.1. The van der Waals surface area contributed by atoms with Crippen molar-refractivity contribution >= 4 is 11.7 Å². The Morgan fingerprint density at radius 3 is 2.70 bits per heavy atom. The summed E-state index contributed by atoms with van der Waals surface area (Å²) in [5, 5.41) is 14.4. The standard InChI is InChI=1S/C14H15N5O4/c1-18-12(10(6-15)13(21)19(2)14(18)22)17-8-11(20)16-7-9-4-3-5-23-9/h3-5,17H,7-8H2,1-2H3,(H,16,20). The Morgan fingerprint density at radius 1 is 1.35 bits per heavy atom. The molecule has 0 aliphatic rings. The number of carbonyl (C=O) groups is 1. The van der Waals surface area contributed by atoms with Crippen LogP contribution in [0.3, 0.4) is 0 Å². The Balaban J connectivity index is 2.11. The van der Waals surface area contributed by atoms with Gasteiger partial charge >= 0.3 is 5.69 Å². The molecule has 2 rings (SSSR count). The van der Waals surface area contributed by atoms with Crippen molar-refractivity contribution in [1.29, 1.82) is 5.26 Å². The van der Waals surface area contributed by atoms with Gasteiger partial charge in [0.1, 0.15) is 17.6 Å². The van der Waals surface area contributed by atoms with Gasteiger partial charge in [-0.2, -0.15) is 5.26 Å². The zero-order valence-corrected chi connectivity index (χ0v) is 12.6. The molecule has 0 unspecified atom stereocenters. The number of nitrogens with zero attached hydrogens (tertiary/aromatic N) is 3. The summed E-state index contributed by atoms with van der Waals surface area (Å²) < 4.78 is 7.02. The van der Waals surface area contributed by atoms with Gasteiger partial charge in [-0.05, 0) is 12.1 Å². The van der Waals surface area contributed by atoms with Gasteiger partial charge in [-0.15, -0.1) is 0 Å². The summed E-state index contributed by atoms with van der Waals surface area (Å²) in [7, 11) is 2.69. The summed E-state index contributed by atoms with van der Waals surface area (Å²) in [6, 6.07) is 5.17. The van der Waals surface area contributed by atoms with Gasteiger partial charge < -0.3 is 15.1 Å². The highest BCUT2D eigenvalue weighted by Crippen LogP contribution is 2.06. The number of rotatable bonds is 5. The molecule has 0 atom stereocenters. The van der Waals surface area contributed by atoms with Crippen LogP contribution in [0, 0.1) is 11.3 Å². The summed E-state index contributed by atoms with van der Waals surface area (Å²) in [6.45, 7) is 0.0178. The summed E-state index contributed by atoms with van der Waals surface area (Å²) >= 11 is 0. The molecule has 0 bridgehead atoms. The van der Waals surface area contributed by atoms with Crippen LogP contribution in [0.5, 0.6) is 0 Å². The molecule has 1 amide bonds. The van der Waals surface area contributed by atoms with E-state index in [1.807, 2.05) is 0 Å². The van der Waals surface area contributed by atoms with Gasteiger partial charge in [0.15, 0.2) is 5.56 Å². The second-order valence-electron chi connectivity index (χ2n) is 4.75. The second-order valence-corrected chi connectivity index (χ2v) is 4.75. The predicted molar refractivity (Wildman–Crippen MR) is 80.7 cm³/mol. The molecule has 0 spiro atoms. The molecule has 0 fully saturated rings. The minimum Gasteiger partial charge on any atom is -0.467 e. The van der Waals surface area contributed by atoms with E-state index in [9.17, 15) is 14.4 Å². The topological polar surface area (TPSA) is 122 Å². The number of aromatic nitrogens is 2. The minimum absolute atomic E-state index is 0.00810. The molecule has 120 valence electrons. The van der Waals surface area contributed by atoms with E-state index in [4.69, 9.17) is 9.68 Å². The second kappa shape index (κ2) is 6.65. The first-order chi connectivity index (χ1) is 11.0. The lowest BCUT2D eigenvalue weighted by Gasteiger charge is -2.13. The Bertz CT molecular complexity index is 870. The first-order valence-corrected chi connectivity index (χ1v) is 6.68. The lowest BCUT2D eigenvalue weighted by molar-refractivity contribution is -0.119. The number of amides is 1. The number of nitriles is 1. The SMILES string of the molecule is Cn1c(NCC(=O)NCc2ccco2)c(C#N)c(=O)n(C)c1=O. The highest BCUT2D eigenvalue weighted by Gasteiger charge is 2.15. The van der Waals surface area contributed by atoms with Gasteiger partial charge in [0.05, 0.1) is 19.4 Å². The van der Waals surface area contributed by atoms with Gasteiger partial charge in [-0.25, -0.2) is 4.79 Å². The maximum atomic E-state index is 11.9. The molecule has 2 heterocycles. The van der Waals surface area contributed by atoms with Gasteiger partial charge in [0, 0.05) is 14.1 Å². The van der Waals surface area contributed by atoms with Crippen molar-refractivity contribution in [1.82, 2.24) is 14.5 Å². The summed E-state index contributed by atoms with van der Waals surface area (Å²) in [5.74, 6) is 0.226. The number of hydrogen-bond acceptors (Lipinski definition) is 6. The molecule has 9 heteroatoms. The van der Waals surface area contributed by atoms with Crippen LogP contribution in [0.25, 0.3) is 0 Å². The monoisotopic (exact) mass is 317 g/mol. The average molecular weight is 317 g/mol. The smallest absolute Gasteiger partial charge is 0.332 e. The Morgan fingerprint density at radius 2 is 2.09 bits per heavy atom. The van der Waals surface area contributed by atoms with E-state index in [1.54, 1.807) is 18.2 Å². The quantitative estimate of drug-likeness (QED) is 0.750. The van der Waals surface area contributed by atoms with Crippen LogP contribution in [-0.2, 0) is 25.4 Å². The van der Waals surface area contributed by atoms with E-state index >= 15 is 0 Å². The number of furan rings is 1. The lowest BCUT2D eigenvalue weighted by atomic mass is 10.3. The Kier molecular flexibility index (Phi) is 4.66. The third-order valence-electron chi connectivity index (χ3n) is 3.23. The van der Waals surface area contributed by atoms with Crippen LogP contribution < -0.4 is 21.9 Å². The van der Waals surface area contributed by atoms with Crippen molar-refractivity contribution in [2.24, 2.45) is 14.1 Å². The van der Waals surface area contributed by atoms with Crippen LogP contribution in [0.4, 0.5) is 5.82 Å². The number of nitrogens with one attached hydrogen (secondary N) is 2. The van der Waals surface area contributed by atoms with E-state index < -0.39 is 11.2 Å². The van der Waals surface area contributed by atoms with E-state index in [2.05, 4.69) is 10.6 Å². The normalized spacial score (nSPS) is 10.1. The fraction of sp³-hybridized carbons (Fsp3) is 0.286. The number of anilines is 1. The molecule has 0 aliphatic heterocycles. The molecule has 0 radical (unpaired) electrons. The fourth-order valence-corrected chi connectivity index (χ4v) is 1.98. The maximum absolute atomic E-state index is 11.9. The molecule has 2 N–H and O–H groups in total. The van der Waals surface area contributed by atoms with Crippen molar-refractivity contribution in [2.45, 2.75) is 6.54 Å². The van der Waals surface area contributed by atoms with Crippen molar-refractivity contribution in [3.63, 3.8) is 0 Å². The highest BCUT2D eigenvalue weighted by atomic mass is 16.3. The molecule has 0 aliphatic carbocycles. The Hall–Kier alpha value is -3.28. The lowest BCUT2D eigenvalue weighted by Crippen LogP contribution is -2.40. The van der Waals surface area contributed by atoms with Crippen molar-refractivity contribution in [3.05, 3.63) is 50.6 Å². The zero-order chi connectivity index (χ0) is 17.0. The molecule has 0 saturated heterocycles. The third kappa shape index (κ3) is 3.32. The fourth-order valence-electron chi connectivity index (χ4n) is 1.98. The molecular formula is C14H15N5O4. The van der Waals surface area contributed by atoms with E-state index in [0.717, 1.165) is 9.13 Å². The van der Waals surface area contributed by atoms with E-state index in [0.29, 0.717) is 5.76 Å². The molecule has 2 aromatic heterocycles. The van der Waals surface area contributed by atoms with Gasteiger partial charge in [0.25, 0.3) is 5.56 Å². The van der Waals surface area contributed by atoms with Gasteiger partial charge in [-0.1, -0.05) is 0 Å². The molecule has 2 aromatic rings. The number of carbonyl (C=O) groups excluding carboxylic acids is 1. The van der Waals surface area contributed by atoms with Gasteiger partial charge in [0.2, 0.25) is 5.91 Å².